The Morgan fingerprint density at radius 3 is 2.57 bits per heavy atom. The van der Waals surface area contributed by atoms with Crippen molar-refractivity contribution in [1.82, 2.24) is 5.32 Å². The van der Waals surface area contributed by atoms with Gasteiger partial charge in [-0.2, -0.15) is 0 Å². The normalized spacial score (nSPS) is 33.6. The standard InChI is InChI=1S/C24H37BN2O3/c1-15(2)11-21(27-22(28)18(26)12-16-9-7-6-8-10-16)25-29-20-14-17-13-19(23(17,3)4)24(20,5)30-25/h6-10,15,17-21H,11-14,26H2,1-5H3,(H,27,28)/t17?,18?,19?,20?,21?,24-/m0/s1. The molecule has 2 bridgehead atoms. The van der Waals surface area contributed by atoms with Crippen molar-refractivity contribution in [3.8, 4) is 0 Å². The Labute approximate surface area is 181 Å². The van der Waals surface area contributed by atoms with Crippen molar-refractivity contribution in [2.75, 3.05) is 0 Å². The number of carbonyl (C=O) groups is 1. The molecule has 1 heterocycles. The number of nitrogens with one attached hydrogen (secondary N) is 1. The first kappa shape index (κ1) is 21.9. The van der Waals surface area contributed by atoms with Gasteiger partial charge in [0.25, 0.3) is 0 Å². The third-order valence-electron chi connectivity index (χ3n) is 7.99. The Hall–Kier alpha value is -1.37. The van der Waals surface area contributed by atoms with E-state index in [4.69, 9.17) is 15.0 Å². The Balaban J connectivity index is 1.44. The fourth-order valence-electron chi connectivity index (χ4n) is 6.07. The smallest absolute Gasteiger partial charge is 0.404 e. The van der Waals surface area contributed by atoms with Crippen molar-refractivity contribution in [1.29, 1.82) is 0 Å². The van der Waals surface area contributed by atoms with Crippen molar-refractivity contribution < 1.29 is 14.1 Å². The largest absolute Gasteiger partial charge is 0.481 e. The summed E-state index contributed by atoms with van der Waals surface area (Å²) < 4.78 is 13.1. The molecule has 5 nitrogen and oxygen atoms in total. The van der Waals surface area contributed by atoms with Gasteiger partial charge >= 0.3 is 7.12 Å². The molecule has 4 aliphatic rings. The molecular weight excluding hydrogens is 375 g/mol. The van der Waals surface area contributed by atoms with Crippen LogP contribution in [0.25, 0.3) is 0 Å². The lowest BCUT2D eigenvalue weighted by atomic mass is 9.43. The Bertz CT molecular complexity index is 771. The van der Waals surface area contributed by atoms with E-state index in [-0.39, 0.29) is 23.6 Å². The number of hydrogen-bond donors (Lipinski definition) is 2. The van der Waals surface area contributed by atoms with E-state index in [0.29, 0.717) is 29.6 Å². The zero-order valence-corrected chi connectivity index (χ0v) is 19.1. The molecule has 1 aromatic carbocycles. The zero-order valence-electron chi connectivity index (χ0n) is 19.1. The minimum Gasteiger partial charge on any atom is -0.404 e. The van der Waals surface area contributed by atoms with Crippen molar-refractivity contribution in [2.45, 2.75) is 84.0 Å². The fraction of sp³-hybridized carbons (Fsp3) is 0.708. The molecule has 3 aliphatic carbocycles. The van der Waals surface area contributed by atoms with Gasteiger partial charge in [0.1, 0.15) is 0 Å². The van der Waals surface area contributed by atoms with Crippen LogP contribution in [0.15, 0.2) is 30.3 Å². The molecule has 5 rings (SSSR count). The SMILES string of the molecule is CC(C)CC(NC(=O)C(N)Cc1ccccc1)B1OC2CC3CC(C3(C)C)[C@]2(C)O1. The maximum absolute atomic E-state index is 12.9. The second kappa shape index (κ2) is 7.96. The molecular formula is C24H37BN2O3. The van der Waals surface area contributed by atoms with Crippen LogP contribution in [-0.2, 0) is 20.5 Å². The maximum atomic E-state index is 12.9. The zero-order chi connectivity index (χ0) is 21.7. The lowest BCUT2D eigenvalue weighted by Gasteiger charge is -2.64. The van der Waals surface area contributed by atoms with Gasteiger partial charge in [-0.1, -0.05) is 58.0 Å². The Morgan fingerprint density at radius 2 is 1.93 bits per heavy atom. The summed E-state index contributed by atoms with van der Waals surface area (Å²) in [4.78, 5) is 12.9. The third kappa shape index (κ3) is 3.83. The first-order valence-corrected chi connectivity index (χ1v) is 11.5. The lowest BCUT2D eigenvalue weighted by molar-refractivity contribution is -0.199. The number of nitrogens with two attached hydrogens (primary N) is 1. The molecule has 164 valence electrons. The third-order valence-corrected chi connectivity index (χ3v) is 7.99. The van der Waals surface area contributed by atoms with E-state index in [0.717, 1.165) is 18.4 Å². The minimum absolute atomic E-state index is 0.115. The molecule has 0 radical (unpaired) electrons. The molecule has 1 aromatic rings. The van der Waals surface area contributed by atoms with Gasteiger partial charge in [0.05, 0.1) is 23.7 Å². The summed E-state index contributed by atoms with van der Waals surface area (Å²) in [5, 5.41) is 3.17. The van der Waals surface area contributed by atoms with Gasteiger partial charge in [0.2, 0.25) is 5.91 Å². The van der Waals surface area contributed by atoms with E-state index in [1.807, 2.05) is 30.3 Å². The molecule has 1 aliphatic heterocycles. The second-order valence-electron chi connectivity index (χ2n) is 10.9. The quantitative estimate of drug-likeness (QED) is 0.674. The number of rotatable bonds is 7. The van der Waals surface area contributed by atoms with E-state index >= 15 is 0 Å². The molecule has 1 amide bonds. The average Bonchev–Trinajstić information content (AvgIpc) is 3.04. The number of hydrogen-bond acceptors (Lipinski definition) is 4. The van der Waals surface area contributed by atoms with Crippen LogP contribution >= 0.6 is 0 Å². The van der Waals surface area contributed by atoms with Gasteiger partial charge in [-0.05, 0) is 61.3 Å². The van der Waals surface area contributed by atoms with Gasteiger partial charge in [-0.25, -0.2) is 0 Å². The van der Waals surface area contributed by atoms with Crippen LogP contribution in [0.5, 0.6) is 0 Å². The molecule has 3 N–H and O–H groups in total. The number of benzene rings is 1. The van der Waals surface area contributed by atoms with Crippen molar-refractivity contribution in [3.05, 3.63) is 35.9 Å². The average molecular weight is 412 g/mol. The summed E-state index contributed by atoms with van der Waals surface area (Å²) in [6, 6.07) is 9.32. The molecule has 0 aromatic heterocycles. The summed E-state index contributed by atoms with van der Waals surface area (Å²) >= 11 is 0. The first-order chi connectivity index (χ1) is 14.1. The Kier molecular flexibility index (Phi) is 5.80. The molecule has 6 atom stereocenters. The predicted molar refractivity (Wildman–Crippen MR) is 120 cm³/mol. The van der Waals surface area contributed by atoms with E-state index < -0.39 is 13.2 Å². The highest BCUT2D eigenvalue weighted by Crippen LogP contribution is 2.65. The van der Waals surface area contributed by atoms with Gasteiger partial charge in [0.15, 0.2) is 0 Å². The first-order valence-electron chi connectivity index (χ1n) is 11.5. The second-order valence-corrected chi connectivity index (χ2v) is 10.9. The Morgan fingerprint density at radius 1 is 1.23 bits per heavy atom. The summed E-state index contributed by atoms with van der Waals surface area (Å²) in [5.41, 5.74) is 7.34. The molecule has 30 heavy (non-hydrogen) atoms. The topological polar surface area (TPSA) is 73.6 Å². The highest BCUT2D eigenvalue weighted by molar-refractivity contribution is 6.47. The van der Waals surface area contributed by atoms with Crippen molar-refractivity contribution >= 4 is 13.0 Å². The minimum atomic E-state index is -0.590. The van der Waals surface area contributed by atoms with Crippen LogP contribution in [0.4, 0.5) is 0 Å². The lowest BCUT2D eigenvalue weighted by Crippen LogP contribution is -2.65. The highest BCUT2D eigenvalue weighted by Gasteiger charge is 2.68. The van der Waals surface area contributed by atoms with Crippen LogP contribution in [0.3, 0.4) is 0 Å². The van der Waals surface area contributed by atoms with Crippen LogP contribution in [0.1, 0.15) is 59.4 Å². The number of amides is 1. The number of carbonyl (C=O) groups excluding carboxylic acids is 1. The molecule has 6 heteroatoms. The summed E-state index contributed by atoms with van der Waals surface area (Å²) in [7, 11) is -0.412. The van der Waals surface area contributed by atoms with Crippen LogP contribution in [0, 0.1) is 23.2 Å². The summed E-state index contributed by atoms with van der Waals surface area (Å²) in [5.74, 6) is 1.30. The van der Waals surface area contributed by atoms with Crippen molar-refractivity contribution in [2.24, 2.45) is 28.9 Å². The van der Waals surface area contributed by atoms with Crippen LogP contribution in [0.2, 0.25) is 0 Å². The van der Waals surface area contributed by atoms with Gasteiger partial charge < -0.3 is 20.4 Å². The van der Waals surface area contributed by atoms with Crippen LogP contribution in [-0.4, -0.2) is 36.7 Å². The molecule has 1 saturated heterocycles. The van der Waals surface area contributed by atoms with E-state index in [2.05, 4.69) is 39.9 Å². The highest BCUT2D eigenvalue weighted by atomic mass is 16.7. The molecule has 5 unspecified atom stereocenters. The van der Waals surface area contributed by atoms with Crippen LogP contribution < -0.4 is 11.1 Å². The van der Waals surface area contributed by atoms with Gasteiger partial charge in [-0.3, -0.25) is 4.79 Å². The summed E-state index contributed by atoms with van der Waals surface area (Å²) in [6.07, 6.45) is 3.70. The maximum Gasteiger partial charge on any atom is 0.481 e. The molecule has 4 fully saturated rings. The van der Waals surface area contributed by atoms with E-state index in [1.54, 1.807) is 0 Å². The van der Waals surface area contributed by atoms with Gasteiger partial charge in [-0.15, -0.1) is 0 Å². The van der Waals surface area contributed by atoms with E-state index in [1.165, 1.54) is 6.42 Å². The molecule has 0 spiro atoms. The predicted octanol–water partition coefficient (Wildman–Crippen LogP) is 3.35. The molecule has 3 saturated carbocycles. The summed E-state index contributed by atoms with van der Waals surface area (Å²) in [6.45, 7) is 11.3. The fourth-order valence-corrected chi connectivity index (χ4v) is 6.07. The van der Waals surface area contributed by atoms with Crippen molar-refractivity contribution in [3.63, 3.8) is 0 Å². The van der Waals surface area contributed by atoms with E-state index in [9.17, 15) is 4.79 Å². The monoisotopic (exact) mass is 412 g/mol. The van der Waals surface area contributed by atoms with Gasteiger partial charge in [0, 0.05) is 0 Å².